The maximum absolute atomic E-state index is 13.6. The molecule has 0 heterocycles. The monoisotopic (exact) mass is 444 g/mol. The van der Waals surface area contributed by atoms with E-state index in [2.05, 4.69) is 0 Å². The molecule has 3 nitrogen and oxygen atoms in total. The van der Waals surface area contributed by atoms with Crippen LogP contribution in [-0.2, 0) is 12.6 Å². The number of hydrogen-bond acceptors (Lipinski definition) is 1. The van der Waals surface area contributed by atoms with Gasteiger partial charge in [0.05, 0.1) is 11.3 Å². The highest BCUT2D eigenvalue weighted by molar-refractivity contribution is 5.91. The number of benzene rings is 2. The quantitative estimate of drug-likeness (QED) is 0.564. The van der Waals surface area contributed by atoms with Gasteiger partial charge in [-0.2, -0.15) is 39.5 Å². The summed E-state index contributed by atoms with van der Waals surface area (Å²) >= 11 is 0. The molecular formula is C18H13F9N2O. The van der Waals surface area contributed by atoms with Crippen LogP contribution in [0.2, 0.25) is 0 Å². The van der Waals surface area contributed by atoms with E-state index in [9.17, 15) is 44.3 Å². The van der Waals surface area contributed by atoms with Crippen molar-refractivity contribution < 1.29 is 44.3 Å². The Morgan fingerprint density at radius 1 is 0.733 bits per heavy atom. The van der Waals surface area contributed by atoms with Crippen LogP contribution < -0.4 is 10.6 Å². The summed E-state index contributed by atoms with van der Waals surface area (Å²) in [4.78, 5) is 12.0. The number of anilines is 1. The smallest absolute Gasteiger partial charge is 0.316 e. The van der Waals surface area contributed by atoms with Crippen LogP contribution in [0.25, 0.3) is 0 Å². The minimum atomic E-state index is -6.01. The highest BCUT2D eigenvalue weighted by atomic mass is 19.4. The lowest BCUT2D eigenvalue weighted by Crippen LogP contribution is -2.69. The summed E-state index contributed by atoms with van der Waals surface area (Å²) < 4.78 is 120. The van der Waals surface area contributed by atoms with Gasteiger partial charge in [-0.05, 0) is 17.7 Å². The molecule has 164 valence electrons. The molecule has 0 saturated carbocycles. The molecule has 0 aliphatic heterocycles. The largest absolute Gasteiger partial charge is 0.420 e. The lowest BCUT2D eigenvalue weighted by atomic mass is 9.89. The normalized spacial score (nSPS) is 13.1. The molecule has 2 N–H and O–H groups in total. The third-order valence-electron chi connectivity index (χ3n) is 4.09. The second-order valence-corrected chi connectivity index (χ2v) is 6.19. The zero-order valence-electron chi connectivity index (χ0n) is 14.7. The van der Waals surface area contributed by atoms with E-state index in [1.807, 2.05) is 0 Å². The topological polar surface area (TPSA) is 41.1 Å². The number of carbonyl (C=O) groups is 1. The van der Waals surface area contributed by atoms with Crippen molar-refractivity contribution in [2.24, 2.45) is 0 Å². The first-order valence-electron chi connectivity index (χ1n) is 8.10. The van der Waals surface area contributed by atoms with Gasteiger partial charge in [0, 0.05) is 6.42 Å². The van der Waals surface area contributed by atoms with Crippen LogP contribution in [-0.4, -0.2) is 23.9 Å². The number of carbonyl (C=O) groups excluding carboxylic acids is 1. The van der Waals surface area contributed by atoms with Gasteiger partial charge in [-0.1, -0.05) is 42.5 Å². The summed E-state index contributed by atoms with van der Waals surface area (Å²) in [6.45, 7) is 0. The second-order valence-electron chi connectivity index (χ2n) is 6.19. The number of para-hydroxylation sites is 1. The van der Waals surface area contributed by atoms with Crippen molar-refractivity contribution in [3.05, 3.63) is 65.7 Å². The summed E-state index contributed by atoms with van der Waals surface area (Å²) in [5.41, 5.74) is -7.57. The highest BCUT2D eigenvalue weighted by Gasteiger charge is 2.71. The Bertz CT molecular complexity index is 860. The maximum Gasteiger partial charge on any atom is 0.420 e. The van der Waals surface area contributed by atoms with Gasteiger partial charge in [0.15, 0.2) is 0 Å². The van der Waals surface area contributed by atoms with Gasteiger partial charge >= 0.3 is 24.6 Å². The average Bonchev–Trinajstić information content (AvgIpc) is 2.59. The van der Waals surface area contributed by atoms with Crippen LogP contribution in [0.15, 0.2) is 54.6 Å². The van der Waals surface area contributed by atoms with Crippen molar-refractivity contribution in [1.29, 1.82) is 0 Å². The predicted molar refractivity (Wildman–Crippen MR) is 88.6 cm³/mol. The standard InChI is InChI=1S/C18H13F9N2O/c19-16(20,21)12-8-4-5-9-13(12)28-14(30)29-15(17(22,23)24,18(25,26)27)10-11-6-2-1-3-7-11/h1-9H,10H2,(H2,28,29,30). The zero-order valence-corrected chi connectivity index (χ0v) is 14.7. The molecule has 2 aromatic rings. The highest BCUT2D eigenvalue weighted by Crippen LogP contribution is 2.45. The Morgan fingerprint density at radius 3 is 1.73 bits per heavy atom. The van der Waals surface area contributed by atoms with Gasteiger partial charge in [0.2, 0.25) is 5.54 Å². The number of halogens is 9. The molecular weight excluding hydrogens is 431 g/mol. The molecule has 0 radical (unpaired) electrons. The minimum Gasteiger partial charge on any atom is -0.316 e. The summed E-state index contributed by atoms with van der Waals surface area (Å²) in [5, 5.41) is 2.25. The molecule has 12 heteroatoms. The number of nitrogens with one attached hydrogen (secondary N) is 2. The fourth-order valence-corrected chi connectivity index (χ4v) is 2.64. The average molecular weight is 444 g/mol. The number of amides is 2. The van der Waals surface area contributed by atoms with Gasteiger partial charge in [-0.25, -0.2) is 4.79 Å². The third kappa shape index (κ3) is 4.97. The van der Waals surface area contributed by atoms with E-state index in [0.717, 1.165) is 29.6 Å². The van der Waals surface area contributed by atoms with Gasteiger partial charge in [0.25, 0.3) is 0 Å². The van der Waals surface area contributed by atoms with Crippen LogP contribution in [0, 0.1) is 0 Å². The Morgan fingerprint density at radius 2 is 1.23 bits per heavy atom. The Labute approximate surface area is 163 Å². The van der Waals surface area contributed by atoms with Gasteiger partial charge in [0.1, 0.15) is 0 Å². The molecule has 0 saturated heterocycles. The van der Waals surface area contributed by atoms with Crippen LogP contribution >= 0.6 is 0 Å². The van der Waals surface area contributed by atoms with E-state index in [4.69, 9.17) is 0 Å². The Balaban J connectivity index is 2.43. The Kier molecular flexibility index (Phi) is 6.29. The number of alkyl halides is 9. The molecule has 30 heavy (non-hydrogen) atoms. The van der Waals surface area contributed by atoms with Crippen LogP contribution in [0.1, 0.15) is 11.1 Å². The Hall–Kier alpha value is -2.92. The fraction of sp³-hybridized carbons (Fsp3) is 0.278. The summed E-state index contributed by atoms with van der Waals surface area (Å²) in [6, 6.07) is 6.82. The molecule has 0 aliphatic carbocycles. The number of urea groups is 1. The predicted octanol–water partition coefficient (Wildman–Crippen LogP) is 5.93. The van der Waals surface area contributed by atoms with E-state index in [1.165, 1.54) is 23.5 Å². The minimum absolute atomic E-state index is 0.400. The molecule has 0 unspecified atom stereocenters. The van der Waals surface area contributed by atoms with Gasteiger partial charge < -0.3 is 10.6 Å². The van der Waals surface area contributed by atoms with E-state index in [0.29, 0.717) is 12.1 Å². The first-order valence-corrected chi connectivity index (χ1v) is 8.10. The SMILES string of the molecule is O=C(Nc1ccccc1C(F)(F)F)NC(Cc1ccccc1)(C(F)(F)F)C(F)(F)F. The van der Waals surface area contributed by atoms with E-state index in [1.54, 1.807) is 0 Å². The molecule has 2 aromatic carbocycles. The van der Waals surface area contributed by atoms with Gasteiger partial charge in [-0.3, -0.25) is 0 Å². The fourth-order valence-electron chi connectivity index (χ4n) is 2.64. The maximum atomic E-state index is 13.6. The third-order valence-corrected chi connectivity index (χ3v) is 4.09. The van der Waals surface area contributed by atoms with Crippen molar-refractivity contribution in [1.82, 2.24) is 5.32 Å². The van der Waals surface area contributed by atoms with E-state index >= 15 is 0 Å². The summed E-state index contributed by atoms with van der Waals surface area (Å²) in [7, 11) is 0. The number of hydrogen-bond donors (Lipinski definition) is 2. The van der Waals surface area contributed by atoms with Crippen molar-refractivity contribution >= 4 is 11.7 Å². The van der Waals surface area contributed by atoms with Crippen molar-refractivity contribution in [3.63, 3.8) is 0 Å². The molecule has 0 aliphatic rings. The summed E-state index contributed by atoms with van der Waals surface area (Å²) in [5.74, 6) is 0. The molecule has 0 bridgehead atoms. The van der Waals surface area contributed by atoms with Crippen molar-refractivity contribution in [2.45, 2.75) is 30.5 Å². The zero-order chi connectivity index (χ0) is 22.8. The molecule has 0 aromatic heterocycles. The van der Waals surface area contributed by atoms with E-state index in [-0.39, 0.29) is 0 Å². The van der Waals surface area contributed by atoms with Crippen LogP contribution in [0.5, 0.6) is 0 Å². The van der Waals surface area contributed by atoms with Crippen LogP contribution in [0.3, 0.4) is 0 Å². The lowest BCUT2D eigenvalue weighted by molar-refractivity contribution is -0.303. The first kappa shape index (κ1) is 23.4. The molecule has 2 amide bonds. The second kappa shape index (κ2) is 8.07. The molecule has 0 spiro atoms. The molecule has 0 atom stereocenters. The van der Waals surface area contributed by atoms with Crippen molar-refractivity contribution in [2.75, 3.05) is 5.32 Å². The molecule has 0 fully saturated rings. The van der Waals surface area contributed by atoms with Crippen molar-refractivity contribution in [3.8, 4) is 0 Å². The van der Waals surface area contributed by atoms with Gasteiger partial charge in [-0.15, -0.1) is 0 Å². The van der Waals surface area contributed by atoms with Crippen LogP contribution in [0.4, 0.5) is 50.0 Å². The lowest BCUT2D eigenvalue weighted by Gasteiger charge is -2.38. The molecule has 2 rings (SSSR count). The van der Waals surface area contributed by atoms with E-state index < -0.39 is 53.3 Å². The number of rotatable bonds is 4. The first-order chi connectivity index (χ1) is 13.7. The summed E-state index contributed by atoms with van der Waals surface area (Å²) in [6.07, 6.45) is -18.7.